The van der Waals surface area contributed by atoms with Crippen LogP contribution in [0.4, 0.5) is 0 Å². The van der Waals surface area contributed by atoms with Gasteiger partial charge in [0.25, 0.3) is 0 Å². The first kappa shape index (κ1) is 16.2. The van der Waals surface area contributed by atoms with E-state index in [0.29, 0.717) is 17.2 Å². The van der Waals surface area contributed by atoms with Gasteiger partial charge in [0, 0.05) is 16.2 Å². The molecule has 1 N–H and O–H groups in total. The van der Waals surface area contributed by atoms with Crippen LogP contribution in [-0.2, 0) is 0 Å². The van der Waals surface area contributed by atoms with E-state index in [-0.39, 0.29) is 0 Å². The normalized spacial score (nSPS) is 14.3. The molecule has 0 bridgehead atoms. The summed E-state index contributed by atoms with van der Waals surface area (Å²) in [5, 5.41) is 4.12. The Balaban J connectivity index is 2.27. The third kappa shape index (κ3) is 4.14. The Hall–Kier alpha value is -1.19. The molecule has 114 valence electrons. The summed E-state index contributed by atoms with van der Waals surface area (Å²) in [4.78, 5) is 1.24. The molecule has 0 fully saturated rings. The second-order valence-corrected chi connectivity index (χ2v) is 6.83. The van der Waals surface area contributed by atoms with Crippen LogP contribution in [0.1, 0.15) is 38.1 Å². The maximum atomic E-state index is 5.45. The first-order chi connectivity index (χ1) is 10.1. The smallest absolute Gasteiger partial charge is 0.114 e. The van der Waals surface area contributed by atoms with Crippen molar-refractivity contribution in [2.45, 2.75) is 43.9 Å². The van der Waals surface area contributed by atoms with E-state index in [0.717, 1.165) is 12.3 Å². The van der Waals surface area contributed by atoms with Crippen LogP contribution in [0, 0.1) is 12.8 Å². The van der Waals surface area contributed by atoms with Gasteiger partial charge in [0.15, 0.2) is 0 Å². The van der Waals surface area contributed by atoms with Crippen LogP contribution in [0.15, 0.2) is 52.0 Å². The van der Waals surface area contributed by atoms with Gasteiger partial charge in [0.2, 0.25) is 0 Å². The van der Waals surface area contributed by atoms with E-state index < -0.39 is 0 Å². The van der Waals surface area contributed by atoms with Crippen LogP contribution in [0.3, 0.4) is 0 Å². The molecule has 0 aliphatic carbocycles. The van der Waals surface area contributed by atoms with Crippen molar-refractivity contribution < 1.29 is 4.42 Å². The van der Waals surface area contributed by atoms with Gasteiger partial charge in [0.05, 0.1) is 6.26 Å². The Morgan fingerprint density at radius 1 is 1.14 bits per heavy atom. The highest BCUT2D eigenvalue weighted by Gasteiger charge is 2.27. The predicted octanol–water partition coefficient (Wildman–Crippen LogP) is 5.06. The maximum Gasteiger partial charge on any atom is 0.114 e. The molecule has 0 spiro atoms. The number of rotatable bonds is 7. The summed E-state index contributed by atoms with van der Waals surface area (Å²) in [7, 11) is 0. The van der Waals surface area contributed by atoms with Crippen molar-refractivity contribution in [1.82, 2.24) is 5.32 Å². The Labute approximate surface area is 132 Å². The molecular weight excluding hydrogens is 278 g/mol. The summed E-state index contributed by atoms with van der Waals surface area (Å²) in [5.74, 6) is 1.57. The third-order valence-electron chi connectivity index (χ3n) is 3.64. The van der Waals surface area contributed by atoms with Crippen molar-refractivity contribution in [2.75, 3.05) is 6.54 Å². The highest BCUT2D eigenvalue weighted by molar-refractivity contribution is 8.00. The maximum absolute atomic E-state index is 5.45. The minimum absolute atomic E-state index is 0.343. The summed E-state index contributed by atoms with van der Waals surface area (Å²) in [6.07, 6.45) is 1.78. The van der Waals surface area contributed by atoms with Crippen molar-refractivity contribution >= 4 is 11.8 Å². The first-order valence-corrected chi connectivity index (χ1v) is 8.50. The first-order valence-electron chi connectivity index (χ1n) is 7.62. The van der Waals surface area contributed by atoms with Crippen molar-refractivity contribution in [1.29, 1.82) is 0 Å². The molecule has 1 aromatic carbocycles. The quantitative estimate of drug-likeness (QED) is 0.724. The van der Waals surface area contributed by atoms with Crippen LogP contribution in [0.5, 0.6) is 0 Å². The molecule has 2 aromatic rings. The molecule has 2 nitrogen and oxygen atoms in total. The molecule has 2 rings (SSSR count). The topological polar surface area (TPSA) is 25.2 Å². The average molecular weight is 303 g/mol. The average Bonchev–Trinajstić information content (AvgIpc) is 2.88. The fraction of sp³-hybridized carbons (Fsp3) is 0.444. The van der Waals surface area contributed by atoms with Gasteiger partial charge in [-0.1, -0.05) is 51.1 Å². The molecule has 1 aromatic heterocycles. The molecule has 21 heavy (non-hydrogen) atoms. The molecule has 2 atom stereocenters. The zero-order chi connectivity index (χ0) is 15.2. The second-order valence-electron chi connectivity index (χ2n) is 5.61. The van der Waals surface area contributed by atoms with E-state index in [4.69, 9.17) is 4.42 Å². The lowest BCUT2D eigenvalue weighted by atomic mass is 9.96. The fourth-order valence-corrected chi connectivity index (χ4v) is 3.84. The minimum atomic E-state index is 0.343. The number of benzene rings is 1. The summed E-state index contributed by atoms with van der Waals surface area (Å²) in [6.45, 7) is 9.75. The SMILES string of the molecule is CCNC(c1ccccc1)C(Sc1ccoc1C)C(C)C. The van der Waals surface area contributed by atoms with Gasteiger partial charge in [-0.3, -0.25) is 0 Å². The van der Waals surface area contributed by atoms with Crippen molar-refractivity contribution in [2.24, 2.45) is 5.92 Å². The number of aryl methyl sites for hydroxylation is 1. The van der Waals surface area contributed by atoms with Gasteiger partial charge in [-0.25, -0.2) is 0 Å². The highest BCUT2D eigenvalue weighted by atomic mass is 32.2. The van der Waals surface area contributed by atoms with Gasteiger partial charge in [-0.05, 0) is 31.0 Å². The number of nitrogens with one attached hydrogen (secondary N) is 1. The summed E-state index contributed by atoms with van der Waals surface area (Å²) < 4.78 is 5.45. The lowest BCUT2D eigenvalue weighted by Crippen LogP contribution is -2.33. The predicted molar refractivity (Wildman–Crippen MR) is 90.8 cm³/mol. The summed E-state index contributed by atoms with van der Waals surface area (Å²) >= 11 is 1.92. The van der Waals surface area contributed by atoms with Crippen LogP contribution in [-0.4, -0.2) is 11.8 Å². The van der Waals surface area contributed by atoms with Crippen molar-refractivity contribution in [3.8, 4) is 0 Å². The minimum Gasteiger partial charge on any atom is -0.468 e. The molecule has 0 radical (unpaired) electrons. The van der Waals surface area contributed by atoms with Crippen LogP contribution < -0.4 is 5.32 Å². The molecule has 1 heterocycles. The molecule has 0 amide bonds. The third-order valence-corrected chi connectivity index (χ3v) is 5.41. The molecule has 0 aliphatic heterocycles. The van der Waals surface area contributed by atoms with Gasteiger partial charge in [-0.15, -0.1) is 11.8 Å². The van der Waals surface area contributed by atoms with Crippen molar-refractivity contribution in [3.63, 3.8) is 0 Å². The monoisotopic (exact) mass is 303 g/mol. The molecule has 0 saturated carbocycles. The number of furan rings is 1. The zero-order valence-corrected chi connectivity index (χ0v) is 14.1. The van der Waals surface area contributed by atoms with E-state index in [1.54, 1.807) is 6.26 Å². The summed E-state index contributed by atoms with van der Waals surface area (Å²) in [5.41, 5.74) is 1.35. The van der Waals surface area contributed by atoms with Gasteiger partial charge in [0.1, 0.15) is 5.76 Å². The Kier molecular flexibility index (Phi) is 5.95. The zero-order valence-electron chi connectivity index (χ0n) is 13.3. The van der Waals surface area contributed by atoms with Crippen LogP contribution in [0.2, 0.25) is 0 Å². The van der Waals surface area contributed by atoms with E-state index in [1.165, 1.54) is 10.5 Å². The molecular formula is C18H25NOS. The highest BCUT2D eigenvalue weighted by Crippen LogP contribution is 2.38. The molecule has 3 heteroatoms. The van der Waals surface area contributed by atoms with E-state index >= 15 is 0 Å². The van der Waals surface area contributed by atoms with E-state index in [9.17, 15) is 0 Å². The van der Waals surface area contributed by atoms with Crippen LogP contribution >= 0.6 is 11.8 Å². The largest absolute Gasteiger partial charge is 0.468 e. The Morgan fingerprint density at radius 2 is 1.86 bits per heavy atom. The standard InChI is InChI=1S/C18H25NOS/c1-5-19-17(15-9-7-6-8-10-15)18(13(2)3)21-16-11-12-20-14(16)4/h6-13,17-19H,5H2,1-4H3. The Bertz CT molecular complexity index is 535. The van der Waals surface area contributed by atoms with Gasteiger partial charge >= 0.3 is 0 Å². The molecule has 0 aliphatic rings. The number of thioether (sulfide) groups is 1. The van der Waals surface area contributed by atoms with Crippen LogP contribution in [0.25, 0.3) is 0 Å². The second kappa shape index (κ2) is 7.71. The van der Waals surface area contributed by atoms with E-state index in [1.807, 2.05) is 18.7 Å². The lowest BCUT2D eigenvalue weighted by Gasteiger charge is -2.30. The number of hydrogen-bond donors (Lipinski definition) is 1. The number of hydrogen-bond acceptors (Lipinski definition) is 3. The lowest BCUT2D eigenvalue weighted by molar-refractivity contribution is 0.453. The molecule has 2 unspecified atom stereocenters. The fourth-order valence-electron chi connectivity index (χ4n) is 2.54. The van der Waals surface area contributed by atoms with Gasteiger partial charge < -0.3 is 9.73 Å². The molecule has 0 saturated heterocycles. The van der Waals surface area contributed by atoms with Gasteiger partial charge in [-0.2, -0.15) is 0 Å². The van der Waals surface area contributed by atoms with E-state index in [2.05, 4.69) is 62.5 Å². The Morgan fingerprint density at radius 3 is 2.38 bits per heavy atom. The van der Waals surface area contributed by atoms with Crippen molar-refractivity contribution in [3.05, 3.63) is 54.0 Å². The summed E-state index contributed by atoms with van der Waals surface area (Å²) in [6, 6.07) is 13.1.